The van der Waals surface area contributed by atoms with Gasteiger partial charge < -0.3 is 29.2 Å². The average Bonchev–Trinajstić information content (AvgIpc) is 2.85. The molecule has 1 aliphatic carbocycles. The Morgan fingerprint density at radius 2 is 1.63 bits per heavy atom. The minimum atomic E-state index is -1.77. The van der Waals surface area contributed by atoms with Crippen LogP contribution < -0.4 is 0 Å². The van der Waals surface area contributed by atoms with E-state index < -0.39 is 64.8 Å². The molecule has 2 N–H and O–H groups in total. The lowest BCUT2D eigenvalue weighted by Crippen LogP contribution is -2.63. The summed E-state index contributed by atoms with van der Waals surface area (Å²) in [6.07, 6.45) is -1.58. The normalized spacial score (nSPS) is 28.2. The largest absolute Gasteiger partial charge is 0.458 e. The monoisotopic (exact) mass is 558 g/mol. The molecule has 0 bridgehead atoms. The summed E-state index contributed by atoms with van der Waals surface area (Å²) in [4.78, 5) is 37.6. The highest BCUT2D eigenvalue weighted by Gasteiger charge is 2.56. The van der Waals surface area contributed by atoms with E-state index in [2.05, 4.69) is 6.58 Å². The maximum Gasteiger partial charge on any atom is 0.333 e. The molecule has 10 heteroatoms. The van der Waals surface area contributed by atoms with Gasteiger partial charge in [-0.1, -0.05) is 18.7 Å². The van der Waals surface area contributed by atoms with Crippen LogP contribution >= 0.6 is 11.6 Å². The lowest BCUT2D eigenvalue weighted by Gasteiger charge is -2.48. The first-order valence-electron chi connectivity index (χ1n) is 12.6. The molecule has 0 radical (unpaired) electrons. The van der Waals surface area contributed by atoms with Crippen molar-refractivity contribution in [1.29, 1.82) is 0 Å². The number of halogens is 1. The highest BCUT2D eigenvalue weighted by Crippen LogP contribution is 2.44. The van der Waals surface area contributed by atoms with Gasteiger partial charge in [-0.15, -0.1) is 11.6 Å². The number of rotatable bonds is 11. The summed E-state index contributed by atoms with van der Waals surface area (Å²) in [6.45, 7) is 16.6. The summed E-state index contributed by atoms with van der Waals surface area (Å²) >= 11 is 6.60. The average molecular weight is 559 g/mol. The number of hydrogen-bond donors (Lipinski definition) is 2. The van der Waals surface area contributed by atoms with Gasteiger partial charge in [0.05, 0.1) is 17.1 Å². The molecular formula is C28H43ClO9. The summed E-state index contributed by atoms with van der Waals surface area (Å²) in [5.41, 5.74) is -1.84. The van der Waals surface area contributed by atoms with Crippen LogP contribution in [0.4, 0.5) is 0 Å². The molecule has 216 valence electrons. The molecule has 0 spiro atoms. The summed E-state index contributed by atoms with van der Waals surface area (Å²) in [5, 5.41) is 21.2. The topological polar surface area (TPSA) is 129 Å². The molecule has 0 heterocycles. The quantitative estimate of drug-likeness (QED) is 0.128. The molecule has 1 fully saturated rings. The highest BCUT2D eigenvalue weighted by molar-refractivity contribution is 6.21. The first kappa shape index (κ1) is 33.8. The molecule has 38 heavy (non-hydrogen) atoms. The van der Waals surface area contributed by atoms with E-state index in [1.54, 1.807) is 53.7 Å². The van der Waals surface area contributed by atoms with Gasteiger partial charge in [0.2, 0.25) is 0 Å². The SMILES string of the molecule is C=C([C@H]1C[C@H](Cl)[C@@](C)(O)[C@@H](OC(=O)/C(C)=C\C)[C@H]1OC(C)=O)[C@@H](C[C@@H](O)C(C)(C)OC)OC(=O)/C(C)=C\C. The number of methoxy groups -OCH3 is 1. The Balaban J connectivity index is 3.58. The number of ether oxygens (including phenoxy) is 4. The zero-order valence-corrected chi connectivity index (χ0v) is 24.6. The van der Waals surface area contributed by atoms with Crippen LogP contribution in [0, 0.1) is 5.92 Å². The van der Waals surface area contributed by atoms with E-state index in [-0.39, 0.29) is 24.0 Å². The van der Waals surface area contributed by atoms with Crippen molar-refractivity contribution in [3.63, 3.8) is 0 Å². The van der Waals surface area contributed by atoms with Crippen LogP contribution in [0.25, 0.3) is 0 Å². The van der Waals surface area contributed by atoms with Gasteiger partial charge in [-0.3, -0.25) is 4.79 Å². The van der Waals surface area contributed by atoms with Crippen LogP contribution in [0.3, 0.4) is 0 Å². The minimum absolute atomic E-state index is 0.0579. The Morgan fingerprint density at radius 1 is 1.11 bits per heavy atom. The van der Waals surface area contributed by atoms with Crippen LogP contribution in [0.5, 0.6) is 0 Å². The molecule has 7 atom stereocenters. The molecule has 0 unspecified atom stereocenters. The zero-order valence-electron chi connectivity index (χ0n) is 23.9. The molecule has 0 aromatic heterocycles. The number of carbonyl (C=O) groups is 3. The number of aliphatic hydroxyl groups is 2. The van der Waals surface area contributed by atoms with Gasteiger partial charge in [0.25, 0.3) is 0 Å². The van der Waals surface area contributed by atoms with Crippen LogP contribution in [0.2, 0.25) is 0 Å². The number of allylic oxidation sites excluding steroid dienone is 2. The van der Waals surface area contributed by atoms with Crippen molar-refractivity contribution < 1.29 is 43.5 Å². The van der Waals surface area contributed by atoms with Gasteiger partial charge in [0, 0.05) is 37.5 Å². The predicted octanol–water partition coefficient (Wildman–Crippen LogP) is 3.78. The number of alkyl halides is 1. The van der Waals surface area contributed by atoms with Crippen LogP contribution in [-0.2, 0) is 33.3 Å². The van der Waals surface area contributed by atoms with Crippen molar-refractivity contribution in [2.24, 2.45) is 5.92 Å². The van der Waals surface area contributed by atoms with Gasteiger partial charge in [-0.2, -0.15) is 0 Å². The maximum absolute atomic E-state index is 12.7. The number of esters is 3. The third kappa shape index (κ3) is 8.15. The second kappa shape index (κ2) is 13.7. The molecule has 0 saturated heterocycles. The van der Waals surface area contributed by atoms with E-state index in [1.807, 2.05) is 0 Å². The van der Waals surface area contributed by atoms with Crippen molar-refractivity contribution in [2.75, 3.05) is 7.11 Å². The smallest absolute Gasteiger partial charge is 0.333 e. The van der Waals surface area contributed by atoms with Crippen LogP contribution in [0.1, 0.15) is 68.2 Å². The van der Waals surface area contributed by atoms with Gasteiger partial charge in [-0.05, 0) is 60.5 Å². The van der Waals surface area contributed by atoms with Crippen molar-refractivity contribution in [2.45, 2.75) is 109 Å². The van der Waals surface area contributed by atoms with Crippen molar-refractivity contribution >= 4 is 29.5 Å². The Bertz CT molecular complexity index is 950. The lowest BCUT2D eigenvalue weighted by molar-refractivity contribution is -0.202. The van der Waals surface area contributed by atoms with Crippen molar-refractivity contribution in [1.82, 2.24) is 0 Å². The summed E-state index contributed by atoms with van der Waals surface area (Å²) in [5.74, 6) is -2.82. The Labute approximate surface area is 230 Å². The molecule has 1 saturated carbocycles. The predicted molar refractivity (Wildman–Crippen MR) is 143 cm³/mol. The van der Waals surface area contributed by atoms with Gasteiger partial charge in [-0.25, -0.2) is 9.59 Å². The minimum Gasteiger partial charge on any atom is -0.458 e. The molecule has 0 amide bonds. The first-order chi connectivity index (χ1) is 17.4. The van der Waals surface area contributed by atoms with Crippen molar-refractivity contribution in [3.05, 3.63) is 35.5 Å². The Morgan fingerprint density at radius 3 is 2.11 bits per heavy atom. The van der Waals surface area contributed by atoms with E-state index in [4.69, 9.17) is 30.5 Å². The van der Waals surface area contributed by atoms with E-state index in [0.717, 1.165) is 0 Å². The fourth-order valence-corrected chi connectivity index (χ4v) is 4.32. The molecule has 0 aromatic carbocycles. The molecule has 0 aliphatic heterocycles. The zero-order chi connectivity index (χ0) is 29.6. The van der Waals surface area contributed by atoms with Gasteiger partial charge in [0.1, 0.15) is 17.8 Å². The van der Waals surface area contributed by atoms with E-state index in [0.29, 0.717) is 5.57 Å². The standard InChI is InChI=1S/C28H43ClO9/c1-11-15(3)25(32)37-20(14-22(31)27(7,8)35-10)17(5)19-13-21(29)28(9,34)24(23(19)36-18(6)30)38-26(33)16(4)12-2/h11-12,19-24,31,34H,5,13-14H2,1-4,6-10H3/b15-11-,16-12-/t19-,20-,21+,22-,23+,24+,28-/m1/s1. The molecular weight excluding hydrogens is 516 g/mol. The highest BCUT2D eigenvalue weighted by atomic mass is 35.5. The maximum atomic E-state index is 12.7. The summed E-state index contributed by atoms with van der Waals surface area (Å²) in [6, 6.07) is 0. The molecule has 1 rings (SSSR count). The third-order valence-corrected chi connectivity index (χ3v) is 7.94. The second-order valence-electron chi connectivity index (χ2n) is 10.4. The second-order valence-corrected chi connectivity index (χ2v) is 10.9. The molecule has 1 aliphatic rings. The Hall–Kier alpha value is -2.20. The Kier molecular flexibility index (Phi) is 12.2. The van der Waals surface area contributed by atoms with E-state index in [9.17, 15) is 24.6 Å². The number of carbonyl (C=O) groups excluding carboxylic acids is 3. The fourth-order valence-electron chi connectivity index (χ4n) is 4.00. The number of hydrogen-bond acceptors (Lipinski definition) is 9. The van der Waals surface area contributed by atoms with E-state index in [1.165, 1.54) is 21.0 Å². The van der Waals surface area contributed by atoms with Gasteiger partial charge in [0.15, 0.2) is 6.10 Å². The van der Waals surface area contributed by atoms with Crippen LogP contribution in [-0.4, -0.2) is 76.2 Å². The first-order valence-corrected chi connectivity index (χ1v) is 13.0. The molecule has 0 aromatic rings. The van der Waals surface area contributed by atoms with Crippen LogP contribution in [0.15, 0.2) is 35.5 Å². The van der Waals surface area contributed by atoms with Gasteiger partial charge >= 0.3 is 17.9 Å². The summed E-state index contributed by atoms with van der Waals surface area (Å²) < 4.78 is 22.4. The van der Waals surface area contributed by atoms with E-state index >= 15 is 0 Å². The summed E-state index contributed by atoms with van der Waals surface area (Å²) in [7, 11) is 1.45. The number of aliphatic hydroxyl groups excluding tert-OH is 1. The third-order valence-electron chi connectivity index (χ3n) is 7.32. The van der Waals surface area contributed by atoms with Crippen molar-refractivity contribution in [3.8, 4) is 0 Å². The lowest BCUT2D eigenvalue weighted by atomic mass is 9.70. The fraction of sp³-hybridized carbons (Fsp3) is 0.679. The molecule has 9 nitrogen and oxygen atoms in total.